The second kappa shape index (κ2) is 6.87. The second-order valence-electron chi connectivity index (χ2n) is 6.03. The van der Waals surface area contributed by atoms with Crippen molar-refractivity contribution in [3.8, 4) is 5.82 Å². The molecule has 3 aromatic heterocycles. The Morgan fingerprint density at radius 3 is 2.50 bits per heavy atom. The normalized spacial score (nSPS) is 14.5. The van der Waals surface area contributed by atoms with Gasteiger partial charge in [-0.1, -0.05) is 0 Å². The van der Waals surface area contributed by atoms with Gasteiger partial charge in [0.15, 0.2) is 0 Å². The van der Waals surface area contributed by atoms with Gasteiger partial charge in [-0.05, 0) is 6.92 Å². The van der Waals surface area contributed by atoms with Crippen molar-refractivity contribution in [2.24, 2.45) is 0 Å². The molecule has 0 saturated carbocycles. The van der Waals surface area contributed by atoms with Crippen LogP contribution in [0, 0.1) is 6.92 Å². The molecule has 1 fully saturated rings. The molecule has 4 heterocycles. The molecule has 0 atom stereocenters. The Kier molecular flexibility index (Phi) is 4.26. The molecule has 4 rings (SSSR count). The van der Waals surface area contributed by atoms with Gasteiger partial charge >= 0.3 is 0 Å². The number of aryl methyl sites for hydroxylation is 1. The van der Waals surface area contributed by atoms with Crippen LogP contribution in [0.3, 0.4) is 0 Å². The Labute approximate surface area is 150 Å². The van der Waals surface area contributed by atoms with Crippen molar-refractivity contribution in [1.29, 1.82) is 0 Å². The smallest absolute Gasteiger partial charge is 0.274 e. The van der Waals surface area contributed by atoms with Gasteiger partial charge in [-0.2, -0.15) is 0 Å². The van der Waals surface area contributed by atoms with Gasteiger partial charge in [-0.15, -0.1) is 0 Å². The van der Waals surface area contributed by atoms with Gasteiger partial charge in [-0.25, -0.2) is 19.9 Å². The third-order valence-electron chi connectivity index (χ3n) is 4.30. The van der Waals surface area contributed by atoms with Crippen molar-refractivity contribution in [1.82, 2.24) is 34.4 Å². The monoisotopic (exact) mass is 350 g/mol. The van der Waals surface area contributed by atoms with E-state index in [1.807, 2.05) is 23.8 Å². The zero-order chi connectivity index (χ0) is 17.9. The largest absolute Gasteiger partial charge is 0.353 e. The van der Waals surface area contributed by atoms with E-state index in [9.17, 15) is 4.79 Å². The lowest BCUT2D eigenvalue weighted by atomic mass is 10.2. The minimum Gasteiger partial charge on any atom is -0.353 e. The summed E-state index contributed by atoms with van der Waals surface area (Å²) in [7, 11) is 0. The van der Waals surface area contributed by atoms with Crippen LogP contribution in [0.1, 0.15) is 16.2 Å². The highest BCUT2D eigenvalue weighted by atomic mass is 16.2. The van der Waals surface area contributed by atoms with Crippen LogP contribution in [-0.2, 0) is 0 Å². The molecule has 3 aromatic rings. The number of amides is 1. The highest BCUT2D eigenvalue weighted by Crippen LogP contribution is 2.16. The van der Waals surface area contributed by atoms with Crippen LogP contribution in [0.15, 0.2) is 43.5 Å². The zero-order valence-corrected chi connectivity index (χ0v) is 14.4. The standard InChI is InChI=1S/C17H18N8O/c1-13-9-20-14(10-19-13)17(26)24-6-4-23(5-7-24)15-8-16(22-11-21-15)25-3-2-18-12-25/h2-3,8-12H,4-7H2,1H3. The summed E-state index contributed by atoms with van der Waals surface area (Å²) in [6.07, 6.45) is 9.94. The van der Waals surface area contributed by atoms with E-state index in [2.05, 4.69) is 29.8 Å². The van der Waals surface area contributed by atoms with Gasteiger partial charge in [0.05, 0.1) is 11.9 Å². The van der Waals surface area contributed by atoms with Crippen LogP contribution < -0.4 is 4.90 Å². The summed E-state index contributed by atoms with van der Waals surface area (Å²) in [5, 5.41) is 0. The number of anilines is 1. The molecule has 0 aromatic carbocycles. The Bertz CT molecular complexity index is 885. The minimum atomic E-state index is -0.0843. The van der Waals surface area contributed by atoms with Gasteiger partial charge in [0, 0.05) is 50.8 Å². The van der Waals surface area contributed by atoms with Crippen molar-refractivity contribution in [2.45, 2.75) is 6.92 Å². The number of carbonyl (C=O) groups is 1. The molecular weight excluding hydrogens is 332 g/mol. The lowest BCUT2D eigenvalue weighted by molar-refractivity contribution is 0.0740. The molecule has 9 nitrogen and oxygen atoms in total. The maximum Gasteiger partial charge on any atom is 0.274 e. The fourth-order valence-electron chi connectivity index (χ4n) is 2.85. The molecule has 1 aliphatic rings. The number of carbonyl (C=O) groups excluding carboxylic acids is 1. The van der Waals surface area contributed by atoms with Crippen molar-refractivity contribution >= 4 is 11.7 Å². The quantitative estimate of drug-likeness (QED) is 0.687. The van der Waals surface area contributed by atoms with E-state index in [1.165, 1.54) is 6.20 Å². The molecule has 132 valence electrons. The average molecular weight is 350 g/mol. The Balaban J connectivity index is 1.43. The average Bonchev–Trinajstić information content (AvgIpc) is 3.23. The lowest BCUT2D eigenvalue weighted by Gasteiger charge is -2.35. The number of aromatic nitrogens is 6. The highest BCUT2D eigenvalue weighted by Gasteiger charge is 2.24. The molecular formula is C17H18N8O. The van der Waals surface area contributed by atoms with Crippen molar-refractivity contribution in [3.63, 3.8) is 0 Å². The van der Waals surface area contributed by atoms with Gasteiger partial charge in [-0.3, -0.25) is 14.3 Å². The van der Waals surface area contributed by atoms with Crippen LogP contribution in [0.4, 0.5) is 5.82 Å². The fraction of sp³-hybridized carbons (Fsp3) is 0.294. The molecule has 0 N–H and O–H groups in total. The van der Waals surface area contributed by atoms with E-state index in [-0.39, 0.29) is 5.91 Å². The summed E-state index contributed by atoms with van der Waals surface area (Å²) < 4.78 is 1.83. The molecule has 0 radical (unpaired) electrons. The number of hydrogen-bond donors (Lipinski definition) is 0. The van der Waals surface area contributed by atoms with Crippen LogP contribution in [0.5, 0.6) is 0 Å². The molecule has 9 heteroatoms. The molecule has 0 bridgehead atoms. The van der Waals surface area contributed by atoms with Gasteiger partial charge in [0.25, 0.3) is 5.91 Å². The molecule has 1 amide bonds. The number of piperazine rings is 1. The Morgan fingerprint density at radius 2 is 1.81 bits per heavy atom. The van der Waals surface area contributed by atoms with Crippen LogP contribution in [-0.4, -0.2) is 66.5 Å². The van der Waals surface area contributed by atoms with Crippen molar-refractivity contribution in [3.05, 3.63) is 54.9 Å². The fourth-order valence-corrected chi connectivity index (χ4v) is 2.85. The van der Waals surface area contributed by atoms with E-state index in [4.69, 9.17) is 0 Å². The maximum absolute atomic E-state index is 12.5. The summed E-state index contributed by atoms with van der Waals surface area (Å²) in [5.41, 5.74) is 1.18. The SMILES string of the molecule is Cc1cnc(C(=O)N2CCN(c3cc(-n4ccnc4)ncn3)CC2)cn1. The highest BCUT2D eigenvalue weighted by molar-refractivity contribution is 5.92. The number of rotatable bonds is 3. The summed E-state index contributed by atoms with van der Waals surface area (Å²) in [6.45, 7) is 4.47. The van der Waals surface area contributed by atoms with Crippen molar-refractivity contribution < 1.29 is 4.79 Å². The van der Waals surface area contributed by atoms with Crippen LogP contribution >= 0.6 is 0 Å². The first-order valence-electron chi connectivity index (χ1n) is 8.34. The summed E-state index contributed by atoms with van der Waals surface area (Å²) >= 11 is 0. The van der Waals surface area contributed by atoms with Crippen LogP contribution in [0.25, 0.3) is 5.82 Å². The van der Waals surface area contributed by atoms with E-state index in [1.54, 1.807) is 29.9 Å². The molecule has 0 unspecified atom stereocenters. The van der Waals surface area contributed by atoms with E-state index in [0.717, 1.165) is 17.3 Å². The third kappa shape index (κ3) is 3.23. The summed E-state index contributed by atoms with van der Waals surface area (Å²) in [4.78, 5) is 37.5. The second-order valence-corrected chi connectivity index (χ2v) is 6.03. The van der Waals surface area contributed by atoms with Gasteiger partial charge in [0.2, 0.25) is 0 Å². The van der Waals surface area contributed by atoms with Crippen molar-refractivity contribution in [2.75, 3.05) is 31.1 Å². The molecule has 1 saturated heterocycles. The van der Waals surface area contributed by atoms with Gasteiger partial charge in [0.1, 0.15) is 30.0 Å². The number of hydrogen-bond acceptors (Lipinski definition) is 7. The maximum atomic E-state index is 12.5. The van der Waals surface area contributed by atoms with E-state index >= 15 is 0 Å². The first-order valence-corrected chi connectivity index (χ1v) is 8.34. The molecule has 1 aliphatic heterocycles. The van der Waals surface area contributed by atoms with E-state index < -0.39 is 0 Å². The first-order chi connectivity index (χ1) is 12.7. The topological polar surface area (TPSA) is 92.9 Å². The Morgan fingerprint density at radius 1 is 1.00 bits per heavy atom. The van der Waals surface area contributed by atoms with E-state index in [0.29, 0.717) is 31.9 Å². The Hall–Kier alpha value is -3.36. The summed E-state index contributed by atoms with van der Waals surface area (Å²) in [6, 6.07) is 1.92. The third-order valence-corrected chi connectivity index (χ3v) is 4.30. The summed E-state index contributed by atoms with van der Waals surface area (Å²) in [5.74, 6) is 1.52. The van der Waals surface area contributed by atoms with Gasteiger partial charge < -0.3 is 9.80 Å². The van der Waals surface area contributed by atoms with Crippen LogP contribution in [0.2, 0.25) is 0 Å². The molecule has 0 aliphatic carbocycles. The zero-order valence-electron chi connectivity index (χ0n) is 14.4. The predicted octanol–water partition coefficient (Wildman–Crippen LogP) is 0.723. The molecule has 0 spiro atoms. The first kappa shape index (κ1) is 16.1. The minimum absolute atomic E-state index is 0.0843. The molecule has 26 heavy (non-hydrogen) atoms. The number of nitrogens with zero attached hydrogens (tertiary/aromatic N) is 8. The number of imidazole rings is 1. The predicted molar refractivity (Wildman–Crippen MR) is 94.0 cm³/mol. The lowest BCUT2D eigenvalue weighted by Crippen LogP contribution is -2.49.